The number of fused-ring (bicyclic) bond motifs is 2. The topological polar surface area (TPSA) is 34.0 Å². The Morgan fingerprint density at radius 3 is 2.52 bits per heavy atom. The van der Waals surface area contributed by atoms with Crippen LogP contribution in [0.1, 0.15) is 30.4 Å². The molecule has 0 radical (unpaired) electrons. The summed E-state index contributed by atoms with van der Waals surface area (Å²) in [6.45, 7) is 4.54. The van der Waals surface area contributed by atoms with Gasteiger partial charge in [-0.1, -0.05) is 24.3 Å². The molecule has 0 amide bonds. The van der Waals surface area contributed by atoms with Gasteiger partial charge in [0, 0.05) is 13.1 Å². The Kier molecular flexibility index (Phi) is 3.26. The molecule has 0 saturated carbocycles. The first-order valence-electron chi connectivity index (χ1n) is 7.99. The maximum atomic E-state index is 3.86. The van der Waals surface area contributed by atoms with Gasteiger partial charge in [-0.2, -0.15) is 0 Å². The van der Waals surface area contributed by atoms with Gasteiger partial charge >= 0.3 is 0 Å². The Balaban J connectivity index is 1.39. The number of likely N-dealkylation sites (tertiary alicyclic amines) is 1. The summed E-state index contributed by atoms with van der Waals surface area (Å²) in [6.07, 6.45) is 8.86. The van der Waals surface area contributed by atoms with E-state index in [2.05, 4.69) is 43.9 Å². The van der Waals surface area contributed by atoms with E-state index in [0.29, 0.717) is 5.41 Å². The largest absolute Gasteiger partial charge is 0.319 e. The summed E-state index contributed by atoms with van der Waals surface area (Å²) in [4.78, 5) is 2.59. The number of nitrogens with zero attached hydrogens (tertiary/aromatic N) is 4. The van der Waals surface area contributed by atoms with Gasteiger partial charge in [0.05, 0.1) is 0 Å². The lowest BCUT2D eigenvalue weighted by atomic mass is 9.74. The molecule has 4 nitrogen and oxygen atoms in total. The highest BCUT2D eigenvalue weighted by Crippen LogP contribution is 2.45. The van der Waals surface area contributed by atoms with Crippen LogP contribution in [0.15, 0.2) is 36.9 Å². The summed E-state index contributed by atoms with van der Waals surface area (Å²) in [7, 11) is 0. The lowest BCUT2D eigenvalue weighted by Crippen LogP contribution is -2.42. The first-order valence-corrected chi connectivity index (χ1v) is 7.99. The second-order valence-electron chi connectivity index (χ2n) is 6.48. The molecule has 1 spiro atoms. The van der Waals surface area contributed by atoms with E-state index in [1.54, 1.807) is 23.8 Å². The van der Waals surface area contributed by atoms with Crippen LogP contribution in [0.2, 0.25) is 0 Å². The van der Waals surface area contributed by atoms with Crippen molar-refractivity contribution in [3.63, 3.8) is 0 Å². The maximum absolute atomic E-state index is 3.86. The molecule has 1 aliphatic carbocycles. The number of aryl methyl sites for hydroxylation is 1. The van der Waals surface area contributed by atoms with Crippen molar-refractivity contribution in [3.8, 4) is 0 Å². The highest BCUT2D eigenvalue weighted by Gasteiger charge is 2.40. The molecule has 1 aromatic carbocycles. The molecule has 1 fully saturated rings. The molecule has 1 saturated heterocycles. The summed E-state index contributed by atoms with van der Waals surface area (Å²) in [5.74, 6) is 0. The quantitative estimate of drug-likeness (QED) is 0.866. The van der Waals surface area contributed by atoms with E-state index in [1.165, 1.54) is 38.8 Å². The van der Waals surface area contributed by atoms with Crippen molar-refractivity contribution in [2.45, 2.75) is 37.6 Å². The Labute approximate surface area is 125 Å². The van der Waals surface area contributed by atoms with Crippen LogP contribution in [0, 0.1) is 0 Å². The van der Waals surface area contributed by atoms with Gasteiger partial charge in [0.15, 0.2) is 0 Å². The zero-order valence-electron chi connectivity index (χ0n) is 12.4. The van der Waals surface area contributed by atoms with Crippen molar-refractivity contribution in [1.29, 1.82) is 0 Å². The summed E-state index contributed by atoms with van der Waals surface area (Å²) in [5, 5.41) is 7.73. The fourth-order valence-corrected chi connectivity index (χ4v) is 4.08. The number of benzene rings is 1. The molecule has 0 N–H and O–H groups in total. The van der Waals surface area contributed by atoms with Crippen LogP contribution in [0.4, 0.5) is 0 Å². The smallest absolute Gasteiger partial charge is 0.119 e. The van der Waals surface area contributed by atoms with Gasteiger partial charge in [-0.15, -0.1) is 10.2 Å². The molecule has 2 aromatic rings. The molecule has 1 aromatic heterocycles. The summed E-state index contributed by atoms with van der Waals surface area (Å²) < 4.78 is 2.06. The van der Waals surface area contributed by atoms with Crippen molar-refractivity contribution in [2.75, 3.05) is 19.6 Å². The molecular formula is C17H22N4. The fourth-order valence-electron chi connectivity index (χ4n) is 4.08. The molecule has 110 valence electrons. The second-order valence-corrected chi connectivity index (χ2v) is 6.48. The van der Waals surface area contributed by atoms with Crippen molar-refractivity contribution in [1.82, 2.24) is 19.7 Å². The van der Waals surface area contributed by atoms with Crippen molar-refractivity contribution < 1.29 is 0 Å². The van der Waals surface area contributed by atoms with E-state index in [-0.39, 0.29) is 0 Å². The molecule has 21 heavy (non-hydrogen) atoms. The zero-order chi connectivity index (χ0) is 14.1. The Bertz CT molecular complexity index is 597. The monoisotopic (exact) mass is 282 g/mol. The maximum Gasteiger partial charge on any atom is 0.119 e. The van der Waals surface area contributed by atoms with Gasteiger partial charge < -0.3 is 9.47 Å². The lowest BCUT2D eigenvalue weighted by molar-refractivity contribution is 0.154. The minimum absolute atomic E-state index is 0.476. The molecule has 2 aliphatic rings. The van der Waals surface area contributed by atoms with Gasteiger partial charge in [-0.3, -0.25) is 0 Å². The third-order valence-corrected chi connectivity index (χ3v) is 5.42. The highest BCUT2D eigenvalue weighted by atomic mass is 15.2. The number of rotatable bonds is 3. The van der Waals surface area contributed by atoms with E-state index in [9.17, 15) is 0 Å². The van der Waals surface area contributed by atoms with Crippen LogP contribution >= 0.6 is 0 Å². The standard InChI is InChI=1S/C17H22N4/c1-2-4-16-15(3-1)5-6-17(16)7-9-20(10-8-17)11-12-21-13-18-19-14-21/h1-4,13-14H,5-12H2. The number of hydrogen-bond acceptors (Lipinski definition) is 3. The lowest BCUT2D eigenvalue weighted by Gasteiger charge is -2.40. The number of hydrogen-bond donors (Lipinski definition) is 0. The van der Waals surface area contributed by atoms with Gasteiger partial charge in [0.25, 0.3) is 0 Å². The van der Waals surface area contributed by atoms with Crippen molar-refractivity contribution >= 4 is 0 Å². The third-order valence-electron chi connectivity index (χ3n) is 5.42. The first kappa shape index (κ1) is 13.0. The first-order chi connectivity index (χ1) is 10.4. The molecule has 0 unspecified atom stereocenters. The molecule has 4 rings (SSSR count). The van der Waals surface area contributed by atoms with Gasteiger partial charge in [0.2, 0.25) is 0 Å². The van der Waals surface area contributed by atoms with Crippen LogP contribution in [0.5, 0.6) is 0 Å². The van der Waals surface area contributed by atoms with Crippen LogP contribution in [0.3, 0.4) is 0 Å². The predicted molar refractivity (Wildman–Crippen MR) is 82.1 cm³/mol. The van der Waals surface area contributed by atoms with E-state index >= 15 is 0 Å². The Morgan fingerprint density at radius 1 is 0.952 bits per heavy atom. The normalized spacial score (nSPS) is 20.8. The summed E-state index contributed by atoms with van der Waals surface area (Å²) in [6, 6.07) is 9.09. The predicted octanol–water partition coefficient (Wildman–Crippen LogP) is 2.26. The van der Waals surface area contributed by atoms with Gasteiger partial charge in [0.1, 0.15) is 12.7 Å². The SMILES string of the molecule is c1ccc2c(c1)CCC21CCN(CCn2cnnc2)CC1. The van der Waals surface area contributed by atoms with Crippen LogP contribution in [-0.2, 0) is 18.4 Å². The minimum atomic E-state index is 0.476. The van der Waals surface area contributed by atoms with Crippen LogP contribution < -0.4 is 0 Å². The van der Waals surface area contributed by atoms with Crippen molar-refractivity contribution in [2.24, 2.45) is 0 Å². The number of aromatic nitrogens is 3. The van der Waals surface area contributed by atoms with Crippen molar-refractivity contribution in [3.05, 3.63) is 48.0 Å². The van der Waals surface area contributed by atoms with Crippen LogP contribution in [-0.4, -0.2) is 39.3 Å². The Hall–Kier alpha value is -1.68. The van der Waals surface area contributed by atoms with Gasteiger partial charge in [-0.25, -0.2) is 0 Å². The molecule has 1 aliphatic heterocycles. The molecule has 2 heterocycles. The molecule has 4 heteroatoms. The minimum Gasteiger partial charge on any atom is -0.319 e. The highest BCUT2D eigenvalue weighted by molar-refractivity contribution is 5.39. The number of piperidine rings is 1. The summed E-state index contributed by atoms with van der Waals surface area (Å²) in [5.41, 5.74) is 3.71. The Morgan fingerprint density at radius 2 is 1.71 bits per heavy atom. The average molecular weight is 282 g/mol. The third kappa shape index (κ3) is 2.38. The molecule has 0 atom stereocenters. The van der Waals surface area contributed by atoms with E-state index < -0.39 is 0 Å². The molecular weight excluding hydrogens is 260 g/mol. The summed E-state index contributed by atoms with van der Waals surface area (Å²) >= 11 is 0. The molecule has 0 bridgehead atoms. The van der Waals surface area contributed by atoms with Crippen LogP contribution in [0.25, 0.3) is 0 Å². The van der Waals surface area contributed by atoms with Gasteiger partial charge in [-0.05, 0) is 55.3 Å². The van der Waals surface area contributed by atoms with E-state index in [4.69, 9.17) is 0 Å². The van der Waals surface area contributed by atoms with E-state index in [0.717, 1.165) is 13.1 Å². The fraction of sp³-hybridized carbons (Fsp3) is 0.529. The second kappa shape index (κ2) is 5.26. The average Bonchev–Trinajstić information content (AvgIpc) is 3.17. The zero-order valence-corrected chi connectivity index (χ0v) is 12.4. The van der Waals surface area contributed by atoms with E-state index in [1.807, 2.05) is 0 Å².